The van der Waals surface area contributed by atoms with Crippen molar-refractivity contribution in [2.45, 2.75) is 35.3 Å². The third kappa shape index (κ3) is 3.68. The minimum atomic E-state index is -4.54. The molecule has 1 fully saturated rings. The van der Waals surface area contributed by atoms with Gasteiger partial charge in [0.25, 0.3) is 0 Å². The largest absolute Gasteiger partial charge is 0.416 e. The van der Waals surface area contributed by atoms with E-state index in [0.29, 0.717) is 0 Å². The number of alkyl halides is 4. The Kier molecular flexibility index (Phi) is 5.20. The molecule has 8 heteroatoms. The average molecular weight is 448 g/mol. The van der Waals surface area contributed by atoms with Crippen molar-refractivity contribution in [1.29, 1.82) is 0 Å². The van der Waals surface area contributed by atoms with Crippen molar-refractivity contribution >= 4 is 26.0 Å². The molecule has 1 aliphatic rings. The van der Waals surface area contributed by atoms with Crippen LogP contribution in [0.3, 0.4) is 0 Å². The highest BCUT2D eigenvalue weighted by Crippen LogP contribution is 2.43. The van der Waals surface area contributed by atoms with Crippen LogP contribution < -0.4 is 0 Å². The lowest BCUT2D eigenvalue weighted by atomic mass is 9.99. The summed E-state index contributed by atoms with van der Waals surface area (Å²) in [5.74, 6) is 0. The molecular formula is C18H17BrF3NO2S. The van der Waals surface area contributed by atoms with Gasteiger partial charge in [-0.25, -0.2) is 8.42 Å². The predicted octanol–water partition coefficient (Wildman–Crippen LogP) is 4.91. The molecular weight excluding hydrogens is 431 g/mol. The van der Waals surface area contributed by atoms with Gasteiger partial charge in [0.2, 0.25) is 10.0 Å². The van der Waals surface area contributed by atoms with Crippen molar-refractivity contribution in [3.05, 3.63) is 65.2 Å². The van der Waals surface area contributed by atoms with Gasteiger partial charge in [-0.1, -0.05) is 51.8 Å². The van der Waals surface area contributed by atoms with Crippen LogP contribution in [0, 0.1) is 6.92 Å². The number of hydrogen-bond donors (Lipinski definition) is 0. The Hall–Kier alpha value is -1.38. The summed E-state index contributed by atoms with van der Waals surface area (Å²) in [6.07, 6.45) is -4.27. The number of rotatable bonds is 3. The van der Waals surface area contributed by atoms with Crippen molar-refractivity contribution in [2.75, 3.05) is 6.54 Å². The lowest BCUT2D eigenvalue weighted by Crippen LogP contribution is -2.32. The maximum Gasteiger partial charge on any atom is 0.416 e. The second kappa shape index (κ2) is 6.98. The number of benzene rings is 2. The third-order valence-electron chi connectivity index (χ3n) is 4.46. The van der Waals surface area contributed by atoms with Crippen molar-refractivity contribution in [1.82, 2.24) is 4.31 Å². The predicted molar refractivity (Wildman–Crippen MR) is 96.6 cm³/mol. The Labute approximate surface area is 159 Å². The van der Waals surface area contributed by atoms with E-state index in [9.17, 15) is 21.6 Å². The zero-order valence-corrected chi connectivity index (χ0v) is 16.3. The SMILES string of the molecule is Cc1ccc(S(=O)(=O)N2CC(Br)CC2c2ccccc2C(F)(F)F)cc1. The van der Waals surface area contributed by atoms with Gasteiger partial charge in [0, 0.05) is 11.4 Å². The molecule has 0 bridgehead atoms. The Balaban J connectivity index is 2.07. The summed E-state index contributed by atoms with van der Waals surface area (Å²) in [5, 5.41) is 0. The average Bonchev–Trinajstić information content (AvgIpc) is 2.97. The van der Waals surface area contributed by atoms with Gasteiger partial charge in [0.1, 0.15) is 0 Å². The van der Waals surface area contributed by atoms with E-state index >= 15 is 0 Å². The summed E-state index contributed by atoms with van der Waals surface area (Å²) >= 11 is 3.38. The van der Waals surface area contributed by atoms with Gasteiger partial charge < -0.3 is 0 Å². The number of nitrogens with zero attached hydrogens (tertiary/aromatic N) is 1. The van der Waals surface area contributed by atoms with Gasteiger partial charge >= 0.3 is 6.18 Å². The lowest BCUT2D eigenvalue weighted by molar-refractivity contribution is -0.138. The van der Waals surface area contributed by atoms with E-state index in [4.69, 9.17) is 0 Å². The molecule has 2 aromatic carbocycles. The molecule has 1 heterocycles. The fraction of sp³-hybridized carbons (Fsp3) is 0.333. The molecule has 0 N–H and O–H groups in total. The molecule has 0 spiro atoms. The molecule has 26 heavy (non-hydrogen) atoms. The zero-order valence-electron chi connectivity index (χ0n) is 13.9. The highest BCUT2D eigenvalue weighted by Gasteiger charge is 2.44. The minimum Gasteiger partial charge on any atom is -0.207 e. The normalized spacial score (nSPS) is 21.9. The molecule has 0 aromatic heterocycles. The number of sulfonamides is 1. The van der Waals surface area contributed by atoms with Gasteiger partial charge in [0.05, 0.1) is 16.5 Å². The molecule has 0 aliphatic carbocycles. The first kappa shape index (κ1) is 19.4. The van der Waals surface area contributed by atoms with Crippen LogP contribution in [-0.2, 0) is 16.2 Å². The van der Waals surface area contributed by atoms with Crippen LogP contribution in [0.15, 0.2) is 53.4 Å². The summed E-state index contributed by atoms with van der Waals surface area (Å²) in [5.41, 5.74) is 0.0936. The Morgan fingerprint density at radius 3 is 2.31 bits per heavy atom. The fourth-order valence-corrected chi connectivity index (χ4v) is 5.72. The van der Waals surface area contributed by atoms with Gasteiger partial charge in [-0.05, 0) is 37.1 Å². The maximum absolute atomic E-state index is 13.4. The second-order valence-corrected chi connectivity index (χ2v) is 9.51. The Bertz CT molecular complexity index is 897. The molecule has 0 saturated carbocycles. The molecule has 0 radical (unpaired) electrons. The molecule has 2 aromatic rings. The minimum absolute atomic E-state index is 0.0161. The van der Waals surface area contributed by atoms with Crippen LogP contribution in [0.1, 0.15) is 29.2 Å². The highest BCUT2D eigenvalue weighted by molar-refractivity contribution is 9.09. The fourth-order valence-electron chi connectivity index (χ4n) is 3.20. The standard InChI is InChI=1S/C18H17BrF3NO2S/c1-12-6-8-14(9-7-12)26(24,25)23-11-13(19)10-17(23)15-4-2-3-5-16(15)18(20,21)22/h2-9,13,17H,10-11H2,1H3. The Morgan fingerprint density at radius 2 is 1.69 bits per heavy atom. The second-order valence-electron chi connectivity index (χ2n) is 6.32. The van der Waals surface area contributed by atoms with Crippen molar-refractivity contribution in [3.63, 3.8) is 0 Å². The van der Waals surface area contributed by atoms with E-state index in [0.717, 1.165) is 11.6 Å². The molecule has 140 valence electrons. The summed E-state index contributed by atoms with van der Waals surface area (Å²) in [6.45, 7) is 1.95. The van der Waals surface area contributed by atoms with Crippen LogP contribution >= 0.6 is 15.9 Å². The van der Waals surface area contributed by atoms with Crippen LogP contribution in [0.5, 0.6) is 0 Å². The van der Waals surface area contributed by atoms with Crippen LogP contribution in [0.4, 0.5) is 13.2 Å². The Morgan fingerprint density at radius 1 is 1.08 bits per heavy atom. The summed E-state index contributed by atoms with van der Waals surface area (Å²) in [6, 6.07) is 10.6. The van der Waals surface area contributed by atoms with E-state index < -0.39 is 27.8 Å². The molecule has 1 aliphatic heterocycles. The molecule has 2 atom stereocenters. The first-order chi connectivity index (χ1) is 12.1. The molecule has 3 nitrogen and oxygen atoms in total. The van der Waals surface area contributed by atoms with Crippen LogP contribution in [0.2, 0.25) is 0 Å². The van der Waals surface area contributed by atoms with E-state index in [1.165, 1.54) is 34.6 Å². The van der Waals surface area contributed by atoms with Crippen molar-refractivity contribution in [3.8, 4) is 0 Å². The van der Waals surface area contributed by atoms with E-state index in [1.54, 1.807) is 12.1 Å². The molecule has 2 unspecified atom stereocenters. The summed E-state index contributed by atoms with van der Waals surface area (Å²) < 4.78 is 67.5. The molecule has 1 saturated heterocycles. The van der Waals surface area contributed by atoms with E-state index in [-0.39, 0.29) is 28.3 Å². The summed E-state index contributed by atoms with van der Waals surface area (Å²) in [7, 11) is -3.91. The maximum atomic E-state index is 13.4. The van der Waals surface area contributed by atoms with E-state index in [2.05, 4.69) is 15.9 Å². The number of halogens is 4. The molecule has 0 amide bonds. The topological polar surface area (TPSA) is 37.4 Å². The quantitative estimate of drug-likeness (QED) is 0.626. The van der Waals surface area contributed by atoms with Gasteiger partial charge in [-0.3, -0.25) is 0 Å². The first-order valence-electron chi connectivity index (χ1n) is 7.99. The lowest BCUT2D eigenvalue weighted by Gasteiger charge is -2.26. The van der Waals surface area contributed by atoms with Crippen molar-refractivity contribution in [2.24, 2.45) is 0 Å². The molecule has 3 rings (SSSR count). The van der Waals surface area contributed by atoms with E-state index in [1.807, 2.05) is 6.92 Å². The van der Waals surface area contributed by atoms with Crippen LogP contribution in [-0.4, -0.2) is 24.1 Å². The van der Waals surface area contributed by atoms with Gasteiger partial charge in [0.15, 0.2) is 0 Å². The van der Waals surface area contributed by atoms with Gasteiger partial charge in [-0.15, -0.1) is 0 Å². The third-order valence-corrected chi connectivity index (χ3v) is 7.01. The van der Waals surface area contributed by atoms with Gasteiger partial charge in [-0.2, -0.15) is 17.5 Å². The van der Waals surface area contributed by atoms with Crippen molar-refractivity contribution < 1.29 is 21.6 Å². The summed E-state index contributed by atoms with van der Waals surface area (Å²) in [4.78, 5) is -0.131. The number of aryl methyl sites for hydroxylation is 1. The number of hydrogen-bond acceptors (Lipinski definition) is 2. The highest BCUT2D eigenvalue weighted by atomic mass is 79.9. The monoisotopic (exact) mass is 447 g/mol. The first-order valence-corrected chi connectivity index (χ1v) is 10.3. The van der Waals surface area contributed by atoms with Crippen LogP contribution in [0.25, 0.3) is 0 Å². The zero-order chi connectivity index (χ0) is 19.1. The smallest absolute Gasteiger partial charge is 0.207 e.